The third-order valence-corrected chi connectivity index (χ3v) is 5.57. The molecule has 0 radical (unpaired) electrons. The van der Waals surface area contributed by atoms with Gasteiger partial charge in [-0.05, 0) is 54.3 Å². The van der Waals surface area contributed by atoms with Crippen LogP contribution in [0, 0.1) is 6.92 Å². The minimum atomic E-state index is -0.332. The van der Waals surface area contributed by atoms with Gasteiger partial charge in [0, 0.05) is 23.9 Å². The van der Waals surface area contributed by atoms with E-state index in [0.717, 1.165) is 16.6 Å². The van der Waals surface area contributed by atoms with Gasteiger partial charge in [0.15, 0.2) is 0 Å². The van der Waals surface area contributed by atoms with Crippen molar-refractivity contribution in [1.29, 1.82) is 0 Å². The van der Waals surface area contributed by atoms with Gasteiger partial charge in [-0.15, -0.1) is 0 Å². The zero-order chi connectivity index (χ0) is 24.1. The lowest BCUT2D eigenvalue weighted by molar-refractivity contribution is -0.116. The molecule has 7 nitrogen and oxygen atoms in total. The molecule has 1 aromatic heterocycles. The lowest BCUT2D eigenvalue weighted by Gasteiger charge is -2.16. The highest BCUT2D eigenvalue weighted by molar-refractivity contribution is 5.93. The van der Waals surface area contributed by atoms with Gasteiger partial charge in [-0.3, -0.25) is 14.2 Å². The molecule has 0 bridgehead atoms. The number of methoxy groups -OCH3 is 2. The maximum absolute atomic E-state index is 13.4. The maximum atomic E-state index is 13.4. The summed E-state index contributed by atoms with van der Waals surface area (Å²) in [4.78, 5) is 26.4. The van der Waals surface area contributed by atoms with Crippen molar-refractivity contribution in [3.8, 4) is 11.5 Å². The lowest BCUT2D eigenvalue weighted by Crippen LogP contribution is -2.30. The number of hydrogen-bond donors (Lipinski definition) is 2. The van der Waals surface area contributed by atoms with E-state index in [2.05, 4.69) is 10.6 Å². The second-order valence-electron chi connectivity index (χ2n) is 7.96. The fourth-order valence-electron chi connectivity index (χ4n) is 3.81. The zero-order valence-corrected chi connectivity index (χ0v) is 19.4. The highest BCUT2D eigenvalue weighted by Crippen LogP contribution is 2.29. The summed E-state index contributed by atoms with van der Waals surface area (Å²) in [6, 6.07) is 22.6. The van der Waals surface area contributed by atoms with E-state index in [9.17, 15) is 9.59 Å². The van der Waals surface area contributed by atoms with Crippen LogP contribution < -0.4 is 25.7 Å². The number of ether oxygens (including phenoxy) is 2. The average molecular weight is 458 g/mol. The number of para-hydroxylation sites is 1. The summed E-state index contributed by atoms with van der Waals surface area (Å²) in [5, 5.41) is 7.03. The summed E-state index contributed by atoms with van der Waals surface area (Å²) in [5.41, 5.74) is 3.51. The molecule has 1 amide bonds. The van der Waals surface area contributed by atoms with Gasteiger partial charge in [0.25, 0.3) is 5.56 Å². The molecule has 0 aliphatic carbocycles. The van der Waals surface area contributed by atoms with Gasteiger partial charge in [0.05, 0.1) is 25.4 Å². The van der Waals surface area contributed by atoms with Crippen LogP contribution in [-0.2, 0) is 17.9 Å². The molecule has 0 aliphatic heterocycles. The minimum absolute atomic E-state index is 0.132. The summed E-state index contributed by atoms with van der Waals surface area (Å²) in [7, 11) is 3.08. The lowest BCUT2D eigenvalue weighted by atomic mass is 10.1. The largest absolute Gasteiger partial charge is 0.497 e. The van der Waals surface area contributed by atoms with Crippen LogP contribution in [0.15, 0.2) is 77.6 Å². The second-order valence-corrected chi connectivity index (χ2v) is 7.96. The van der Waals surface area contributed by atoms with Crippen molar-refractivity contribution in [1.82, 2.24) is 4.57 Å². The fraction of sp³-hybridized carbons (Fsp3) is 0.185. The molecule has 0 spiro atoms. The number of aryl methyl sites for hydroxylation is 1. The van der Waals surface area contributed by atoms with Crippen LogP contribution in [0.3, 0.4) is 0 Å². The first-order valence-electron chi connectivity index (χ1n) is 10.9. The van der Waals surface area contributed by atoms with Crippen LogP contribution >= 0.6 is 0 Å². The van der Waals surface area contributed by atoms with E-state index in [-0.39, 0.29) is 18.0 Å². The first kappa shape index (κ1) is 22.9. The highest BCUT2D eigenvalue weighted by atomic mass is 16.5. The summed E-state index contributed by atoms with van der Waals surface area (Å²) in [5.74, 6) is 0.759. The molecule has 0 fully saturated rings. The molecule has 34 heavy (non-hydrogen) atoms. The molecule has 0 atom stereocenters. The Labute approximate surface area is 197 Å². The Bertz CT molecular complexity index is 1380. The SMILES string of the molecule is COc1ccc(NC(=O)Cn2c(=O)c(CNc3ccccc3)cc3ccc(C)cc32)c(OC)c1. The number of hydrogen-bond acceptors (Lipinski definition) is 5. The minimum Gasteiger partial charge on any atom is -0.497 e. The van der Waals surface area contributed by atoms with Crippen LogP contribution in [0.2, 0.25) is 0 Å². The van der Waals surface area contributed by atoms with E-state index in [0.29, 0.717) is 34.8 Å². The van der Waals surface area contributed by atoms with E-state index in [1.807, 2.05) is 61.5 Å². The van der Waals surface area contributed by atoms with Crippen molar-refractivity contribution in [3.05, 3.63) is 94.3 Å². The second kappa shape index (κ2) is 10.1. The fourth-order valence-corrected chi connectivity index (χ4v) is 3.81. The summed E-state index contributed by atoms with van der Waals surface area (Å²) in [6.07, 6.45) is 0. The molecule has 0 saturated heterocycles. The molecule has 0 saturated carbocycles. The zero-order valence-electron chi connectivity index (χ0n) is 19.4. The molecule has 0 aliphatic rings. The van der Waals surface area contributed by atoms with E-state index >= 15 is 0 Å². The van der Waals surface area contributed by atoms with Gasteiger partial charge in [0.1, 0.15) is 18.0 Å². The third-order valence-electron chi connectivity index (χ3n) is 5.57. The molecular formula is C27H27N3O4. The number of carbonyl (C=O) groups is 1. The molecule has 7 heteroatoms. The standard InChI is InChI=1S/C27H27N3O4/c1-18-9-10-19-14-20(16-28-21-7-5-4-6-8-21)27(32)30(24(19)13-18)17-26(31)29-23-12-11-22(33-2)15-25(23)34-3/h4-15,28H,16-17H2,1-3H3,(H,29,31). The Kier molecular flexibility index (Phi) is 6.82. The smallest absolute Gasteiger partial charge is 0.256 e. The van der Waals surface area contributed by atoms with Gasteiger partial charge in [-0.1, -0.05) is 30.3 Å². The molecule has 1 heterocycles. The van der Waals surface area contributed by atoms with Gasteiger partial charge >= 0.3 is 0 Å². The number of pyridine rings is 1. The van der Waals surface area contributed by atoms with E-state index in [4.69, 9.17) is 9.47 Å². The van der Waals surface area contributed by atoms with Crippen molar-refractivity contribution in [2.45, 2.75) is 20.0 Å². The first-order valence-corrected chi connectivity index (χ1v) is 10.9. The van der Waals surface area contributed by atoms with Crippen molar-refractivity contribution in [2.75, 3.05) is 24.9 Å². The van der Waals surface area contributed by atoms with Crippen LogP contribution in [0.4, 0.5) is 11.4 Å². The number of benzene rings is 3. The van der Waals surface area contributed by atoms with Crippen molar-refractivity contribution in [2.24, 2.45) is 0 Å². The Morgan fingerprint density at radius 3 is 2.47 bits per heavy atom. The Morgan fingerprint density at radius 1 is 0.941 bits per heavy atom. The predicted octanol–water partition coefficient (Wildman–Crippen LogP) is 4.58. The van der Waals surface area contributed by atoms with E-state index in [1.165, 1.54) is 11.7 Å². The molecule has 4 rings (SSSR count). The number of carbonyl (C=O) groups excluding carboxylic acids is 1. The van der Waals surface area contributed by atoms with Crippen LogP contribution in [0.5, 0.6) is 11.5 Å². The Balaban J connectivity index is 1.65. The number of rotatable bonds is 8. The number of aromatic nitrogens is 1. The first-order chi connectivity index (χ1) is 16.5. The molecule has 174 valence electrons. The molecule has 4 aromatic rings. The van der Waals surface area contributed by atoms with Crippen molar-refractivity contribution < 1.29 is 14.3 Å². The number of fused-ring (bicyclic) bond motifs is 1. The van der Waals surface area contributed by atoms with E-state index < -0.39 is 0 Å². The number of nitrogens with zero attached hydrogens (tertiary/aromatic N) is 1. The van der Waals surface area contributed by atoms with Gasteiger partial charge < -0.3 is 20.1 Å². The van der Waals surface area contributed by atoms with E-state index in [1.54, 1.807) is 25.3 Å². The molecule has 3 aromatic carbocycles. The van der Waals surface area contributed by atoms with Gasteiger partial charge in [-0.25, -0.2) is 0 Å². The van der Waals surface area contributed by atoms with Gasteiger partial charge in [-0.2, -0.15) is 0 Å². The maximum Gasteiger partial charge on any atom is 0.256 e. The molecule has 0 unspecified atom stereocenters. The van der Waals surface area contributed by atoms with Crippen molar-refractivity contribution >= 4 is 28.2 Å². The summed E-state index contributed by atoms with van der Waals surface area (Å²) < 4.78 is 12.1. The molecular weight excluding hydrogens is 430 g/mol. The topological polar surface area (TPSA) is 81.6 Å². The quantitative estimate of drug-likeness (QED) is 0.405. The van der Waals surface area contributed by atoms with Crippen LogP contribution in [0.1, 0.15) is 11.1 Å². The Hall–Kier alpha value is -4.26. The average Bonchev–Trinajstić information content (AvgIpc) is 2.86. The highest BCUT2D eigenvalue weighted by Gasteiger charge is 2.15. The number of anilines is 2. The Morgan fingerprint density at radius 2 is 1.74 bits per heavy atom. The van der Waals surface area contributed by atoms with Crippen LogP contribution in [0.25, 0.3) is 10.9 Å². The summed E-state index contributed by atoms with van der Waals surface area (Å²) >= 11 is 0. The molecule has 2 N–H and O–H groups in total. The van der Waals surface area contributed by atoms with Gasteiger partial charge in [0.2, 0.25) is 5.91 Å². The summed E-state index contributed by atoms with van der Waals surface area (Å²) in [6.45, 7) is 2.18. The number of amides is 1. The third kappa shape index (κ3) is 5.04. The van der Waals surface area contributed by atoms with Crippen molar-refractivity contribution in [3.63, 3.8) is 0 Å². The monoisotopic (exact) mass is 457 g/mol. The normalized spacial score (nSPS) is 10.7. The predicted molar refractivity (Wildman–Crippen MR) is 135 cm³/mol. The van der Waals surface area contributed by atoms with Crippen LogP contribution in [-0.4, -0.2) is 24.7 Å². The number of nitrogens with one attached hydrogen (secondary N) is 2.